The molecule has 3 aliphatic heterocycles. The molecule has 0 radical (unpaired) electrons. The van der Waals surface area contributed by atoms with Gasteiger partial charge in [-0.15, -0.1) is 0 Å². The largest absolute Gasteiger partial charge is 0.303 e. The van der Waals surface area contributed by atoms with E-state index in [-0.39, 0.29) is 0 Å². The van der Waals surface area contributed by atoms with Gasteiger partial charge in [-0.1, -0.05) is 32.6 Å². The molecule has 0 N–H and O–H groups in total. The molecule has 0 bridgehead atoms. The highest BCUT2D eigenvalue weighted by Crippen LogP contribution is 2.41. The lowest BCUT2D eigenvalue weighted by Gasteiger charge is -2.56. The van der Waals surface area contributed by atoms with Gasteiger partial charge in [0.25, 0.3) is 0 Å². The SMILES string of the molecule is CCCCC[C@@H]1C[C@@H]2[C@H](CCCN2C)[C@H]2CCCCN12. The number of hydrogen-bond acceptors (Lipinski definition) is 2. The number of rotatable bonds is 4. The van der Waals surface area contributed by atoms with Gasteiger partial charge < -0.3 is 4.90 Å². The smallest absolute Gasteiger partial charge is 0.0150 e. The van der Waals surface area contributed by atoms with Crippen molar-refractivity contribution < 1.29 is 0 Å². The second kappa shape index (κ2) is 6.79. The third-order valence-electron chi connectivity index (χ3n) is 6.32. The van der Waals surface area contributed by atoms with Crippen molar-refractivity contribution in [3.8, 4) is 0 Å². The van der Waals surface area contributed by atoms with Crippen LogP contribution in [0.3, 0.4) is 0 Å². The fourth-order valence-electron chi connectivity index (χ4n) is 5.29. The molecule has 3 rings (SSSR count). The van der Waals surface area contributed by atoms with Gasteiger partial charge in [0, 0.05) is 18.1 Å². The minimum absolute atomic E-state index is 0.897. The standard InChI is InChI=1S/C18H34N2/c1-3-4-5-9-15-14-18-16(10-8-12-19(18)2)17-11-6-7-13-20(15)17/h15-18H,3-14H2,1-2H3/t15-,16-,17-,18-/m1/s1. The Morgan fingerprint density at radius 2 is 1.85 bits per heavy atom. The fraction of sp³-hybridized carbons (Fsp3) is 1.00. The van der Waals surface area contributed by atoms with Crippen molar-refractivity contribution in [2.45, 2.75) is 89.3 Å². The number of hydrogen-bond donors (Lipinski definition) is 0. The molecule has 2 heteroatoms. The number of unbranched alkanes of at least 4 members (excludes halogenated alkanes) is 2. The summed E-state index contributed by atoms with van der Waals surface area (Å²) in [6, 6.07) is 2.72. The van der Waals surface area contributed by atoms with Crippen LogP contribution in [-0.2, 0) is 0 Å². The molecule has 20 heavy (non-hydrogen) atoms. The van der Waals surface area contributed by atoms with E-state index in [1.54, 1.807) is 0 Å². The zero-order chi connectivity index (χ0) is 13.9. The molecule has 3 saturated heterocycles. The van der Waals surface area contributed by atoms with E-state index in [1.807, 2.05) is 0 Å². The first-order chi connectivity index (χ1) is 9.81. The van der Waals surface area contributed by atoms with E-state index in [0.717, 1.165) is 24.0 Å². The first-order valence-corrected chi connectivity index (χ1v) is 9.27. The molecular formula is C18H34N2. The molecule has 3 aliphatic rings. The molecule has 3 fully saturated rings. The van der Waals surface area contributed by atoms with E-state index in [4.69, 9.17) is 0 Å². The molecule has 0 aromatic rings. The molecule has 3 heterocycles. The summed E-state index contributed by atoms with van der Waals surface area (Å²) in [6.45, 7) is 5.07. The highest BCUT2D eigenvalue weighted by molar-refractivity contribution is 5.00. The first-order valence-electron chi connectivity index (χ1n) is 9.27. The second-order valence-corrected chi connectivity index (χ2v) is 7.54. The summed E-state index contributed by atoms with van der Waals surface area (Å²) >= 11 is 0. The summed E-state index contributed by atoms with van der Waals surface area (Å²) < 4.78 is 0. The summed E-state index contributed by atoms with van der Waals surface area (Å²) in [5.41, 5.74) is 0. The Kier molecular flexibility index (Phi) is 5.04. The number of fused-ring (bicyclic) bond motifs is 3. The molecule has 0 aromatic heterocycles. The third-order valence-corrected chi connectivity index (χ3v) is 6.32. The normalized spacial score (nSPS) is 39.3. The summed E-state index contributed by atoms with van der Waals surface area (Å²) in [5.74, 6) is 0.983. The Morgan fingerprint density at radius 3 is 2.70 bits per heavy atom. The minimum Gasteiger partial charge on any atom is -0.303 e. The van der Waals surface area contributed by atoms with Crippen LogP contribution in [0.1, 0.15) is 71.1 Å². The van der Waals surface area contributed by atoms with Crippen molar-refractivity contribution in [3.63, 3.8) is 0 Å². The van der Waals surface area contributed by atoms with Crippen LogP contribution >= 0.6 is 0 Å². The lowest BCUT2D eigenvalue weighted by atomic mass is 9.72. The summed E-state index contributed by atoms with van der Waals surface area (Å²) in [4.78, 5) is 5.66. The lowest BCUT2D eigenvalue weighted by molar-refractivity contribution is -0.0593. The van der Waals surface area contributed by atoms with E-state index in [0.29, 0.717) is 0 Å². The molecule has 116 valence electrons. The summed E-state index contributed by atoms with van der Waals surface area (Å²) in [5, 5.41) is 0. The quantitative estimate of drug-likeness (QED) is 0.720. The van der Waals surface area contributed by atoms with Crippen molar-refractivity contribution in [1.29, 1.82) is 0 Å². The van der Waals surface area contributed by atoms with Crippen molar-refractivity contribution in [3.05, 3.63) is 0 Å². The van der Waals surface area contributed by atoms with Gasteiger partial charge >= 0.3 is 0 Å². The zero-order valence-corrected chi connectivity index (χ0v) is 13.7. The maximum absolute atomic E-state index is 2.96. The van der Waals surface area contributed by atoms with E-state index in [1.165, 1.54) is 77.3 Å². The van der Waals surface area contributed by atoms with Crippen LogP contribution in [-0.4, -0.2) is 48.1 Å². The van der Waals surface area contributed by atoms with Gasteiger partial charge in [0.1, 0.15) is 0 Å². The van der Waals surface area contributed by atoms with Crippen molar-refractivity contribution in [2.75, 3.05) is 20.1 Å². The topological polar surface area (TPSA) is 6.48 Å². The van der Waals surface area contributed by atoms with Gasteiger partial charge in [0.2, 0.25) is 0 Å². The Balaban J connectivity index is 1.70. The van der Waals surface area contributed by atoms with E-state index >= 15 is 0 Å². The van der Waals surface area contributed by atoms with Gasteiger partial charge in [-0.05, 0) is 64.6 Å². The van der Waals surface area contributed by atoms with Crippen molar-refractivity contribution in [2.24, 2.45) is 5.92 Å². The Hall–Kier alpha value is -0.0800. The van der Waals surface area contributed by atoms with Crippen LogP contribution in [0.2, 0.25) is 0 Å². The van der Waals surface area contributed by atoms with Crippen LogP contribution < -0.4 is 0 Å². The van der Waals surface area contributed by atoms with Gasteiger partial charge in [0.15, 0.2) is 0 Å². The first kappa shape index (κ1) is 14.8. The van der Waals surface area contributed by atoms with Crippen LogP contribution in [0.25, 0.3) is 0 Å². The van der Waals surface area contributed by atoms with Crippen LogP contribution in [0, 0.1) is 5.92 Å². The molecule has 0 unspecified atom stereocenters. The molecule has 4 atom stereocenters. The predicted octanol–water partition coefficient (Wildman–Crippen LogP) is 3.90. The number of likely N-dealkylation sites (tertiary alicyclic amines) is 1. The number of piperidine rings is 3. The number of nitrogens with zero attached hydrogens (tertiary/aromatic N) is 2. The average molecular weight is 278 g/mol. The molecule has 0 saturated carbocycles. The molecule has 0 amide bonds. The summed E-state index contributed by atoms with van der Waals surface area (Å²) in [6.07, 6.45) is 14.5. The molecule has 0 spiro atoms. The molecule has 0 aromatic carbocycles. The fourth-order valence-corrected chi connectivity index (χ4v) is 5.29. The van der Waals surface area contributed by atoms with Crippen LogP contribution in [0.4, 0.5) is 0 Å². The highest BCUT2D eigenvalue weighted by Gasteiger charge is 2.45. The Labute approximate surface area is 125 Å². The van der Waals surface area contributed by atoms with Crippen LogP contribution in [0.15, 0.2) is 0 Å². The van der Waals surface area contributed by atoms with Crippen LogP contribution in [0.5, 0.6) is 0 Å². The lowest BCUT2D eigenvalue weighted by Crippen LogP contribution is -2.62. The molecule has 0 aliphatic carbocycles. The monoisotopic (exact) mass is 278 g/mol. The second-order valence-electron chi connectivity index (χ2n) is 7.54. The minimum atomic E-state index is 0.897. The van der Waals surface area contributed by atoms with Gasteiger partial charge in [-0.2, -0.15) is 0 Å². The van der Waals surface area contributed by atoms with E-state index < -0.39 is 0 Å². The molecule has 2 nitrogen and oxygen atoms in total. The highest BCUT2D eigenvalue weighted by atomic mass is 15.3. The maximum atomic E-state index is 2.96. The third kappa shape index (κ3) is 2.92. The average Bonchev–Trinajstić information content (AvgIpc) is 2.48. The van der Waals surface area contributed by atoms with E-state index in [2.05, 4.69) is 23.8 Å². The Morgan fingerprint density at radius 1 is 0.950 bits per heavy atom. The Bertz CT molecular complexity index is 304. The van der Waals surface area contributed by atoms with Gasteiger partial charge in [-0.3, -0.25) is 4.90 Å². The van der Waals surface area contributed by atoms with Crippen molar-refractivity contribution >= 4 is 0 Å². The maximum Gasteiger partial charge on any atom is 0.0150 e. The molecular weight excluding hydrogens is 244 g/mol. The van der Waals surface area contributed by atoms with Gasteiger partial charge in [-0.25, -0.2) is 0 Å². The predicted molar refractivity (Wildman–Crippen MR) is 86.0 cm³/mol. The zero-order valence-electron chi connectivity index (χ0n) is 13.7. The van der Waals surface area contributed by atoms with E-state index in [9.17, 15) is 0 Å². The van der Waals surface area contributed by atoms with Crippen molar-refractivity contribution in [1.82, 2.24) is 9.80 Å². The van der Waals surface area contributed by atoms with Gasteiger partial charge in [0.05, 0.1) is 0 Å². The summed E-state index contributed by atoms with van der Waals surface area (Å²) in [7, 11) is 2.39.